The molecule has 0 amide bonds. The molecule has 1 atom stereocenters. The van der Waals surface area contributed by atoms with E-state index in [0.29, 0.717) is 0 Å². The van der Waals surface area contributed by atoms with Gasteiger partial charge in [0.05, 0.1) is 10.9 Å². The molecule has 0 aliphatic carbocycles. The predicted octanol–water partition coefficient (Wildman–Crippen LogP) is 1.97. The van der Waals surface area contributed by atoms with Gasteiger partial charge >= 0.3 is 0 Å². The van der Waals surface area contributed by atoms with Crippen LogP contribution >= 0.6 is 0 Å². The standard InChI is InChI=1S/C15H18N2O2S/c1-12-7-9-14(10-8-12)20(18,19)17-15(11-16)13-5-3-2-4-6-13/h2-10,15,17H,11,16H2,1H3. The predicted molar refractivity (Wildman–Crippen MR) is 79.7 cm³/mol. The highest BCUT2D eigenvalue weighted by atomic mass is 32.2. The summed E-state index contributed by atoms with van der Waals surface area (Å²) in [4.78, 5) is 0.248. The van der Waals surface area contributed by atoms with Crippen LogP contribution in [0.1, 0.15) is 17.2 Å². The van der Waals surface area contributed by atoms with Crippen molar-refractivity contribution in [1.82, 2.24) is 4.72 Å². The molecule has 0 spiro atoms. The third-order valence-electron chi connectivity index (χ3n) is 3.07. The van der Waals surface area contributed by atoms with Crippen LogP contribution in [0.5, 0.6) is 0 Å². The van der Waals surface area contributed by atoms with Gasteiger partial charge in [-0.2, -0.15) is 0 Å². The fourth-order valence-electron chi connectivity index (χ4n) is 1.91. The highest BCUT2D eigenvalue weighted by molar-refractivity contribution is 7.89. The molecule has 0 heterocycles. The lowest BCUT2D eigenvalue weighted by Gasteiger charge is -2.17. The van der Waals surface area contributed by atoms with Gasteiger partial charge in [-0.3, -0.25) is 0 Å². The van der Waals surface area contributed by atoms with Crippen LogP contribution in [-0.2, 0) is 10.0 Å². The minimum atomic E-state index is -3.57. The maximum absolute atomic E-state index is 12.3. The maximum atomic E-state index is 12.3. The molecular formula is C15H18N2O2S. The van der Waals surface area contributed by atoms with E-state index in [-0.39, 0.29) is 11.4 Å². The SMILES string of the molecule is Cc1ccc(S(=O)(=O)NC(CN)c2ccccc2)cc1. The van der Waals surface area contributed by atoms with Crippen LogP contribution < -0.4 is 10.5 Å². The molecule has 0 aromatic heterocycles. The minimum absolute atomic E-state index is 0.203. The van der Waals surface area contributed by atoms with E-state index in [1.165, 1.54) is 0 Å². The Morgan fingerprint density at radius 2 is 1.65 bits per heavy atom. The molecule has 2 aromatic carbocycles. The van der Waals surface area contributed by atoms with Crippen LogP contribution in [-0.4, -0.2) is 15.0 Å². The van der Waals surface area contributed by atoms with E-state index >= 15 is 0 Å². The molecule has 0 radical (unpaired) electrons. The van der Waals surface area contributed by atoms with E-state index in [0.717, 1.165) is 11.1 Å². The second kappa shape index (κ2) is 6.17. The van der Waals surface area contributed by atoms with Crippen LogP contribution in [0.3, 0.4) is 0 Å². The van der Waals surface area contributed by atoms with Crippen molar-refractivity contribution in [2.75, 3.05) is 6.54 Å². The van der Waals surface area contributed by atoms with Crippen LogP contribution in [0.15, 0.2) is 59.5 Å². The summed E-state index contributed by atoms with van der Waals surface area (Å²) in [5.41, 5.74) is 7.56. The monoisotopic (exact) mass is 290 g/mol. The molecule has 3 N–H and O–H groups in total. The number of sulfonamides is 1. The Labute approximate surface area is 119 Å². The summed E-state index contributed by atoms with van der Waals surface area (Å²) in [6.07, 6.45) is 0. The van der Waals surface area contributed by atoms with Crippen molar-refractivity contribution >= 4 is 10.0 Å². The molecule has 4 nitrogen and oxygen atoms in total. The Morgan fingerprint density at radius 1 is 1.05 bits per heavy atom. The second-order valence-corrected chi connectivity index (χ2v) is 6.35. The van der Waals surface area contributed by atoms with Crippen molar-refractivity contribution in [3.8, 4) is 0 Å². The molecule has 0 aliphatic rings. The van der Waals surface area contributed by atoms with E-state index < -0.39 is 16.1 Å². The summed E-state index contributed by atoms with van der Waals surface area (Å²) < 4.78 is 27.3. The fourth-order valence-corrected chi connectivity index (χ4v) is 3.15. The molecule has 0 bridgehead atoms. The number of hydrogen-bond donors (Lipinski definition) is 2. The number of hydrogen-bond acceptors (Lipinski definition) is 3. The topological polar surface area (TPSA) is 72.2 Å². The van der Waals surface area contributed by atoms with Gasteiger partial charge in [0.2, 0.25) is 10.0 Å². The smallest absolute Gasteiger partial charge is 0.241 e. The minimum Gasteiger partial charge on any atom is -0.329 e. The normalized spacial score (nSPS) is 13.1. The first-order valence-corrected chi connectivity index (χ1v) is 7.85. The molecule has 106 valence electrons. The molecule has 0 saturated heterocycles. The van der Waals surface area contributed by atoms with Gasteiger partial charge in [0, 0.05) is 6.54 Å². The summed E-state index contributed by atoms with van der Waals surface area (Å²) in [5.74, 6) is 0. The summed E-state index contributed by atoms with van der Waals surface area (Å²) in [5, 5.41) is 0. The van der Waals surface area contributed by atoms with Crippen molar-refractivity contribution < 1.29 is 8.42 Å². The molecule has 0 aliphatic heterocycles. The van der Waals surface area contributed by atoms with E-state index in [4.69, 9.17) is 5.73 Å². The van der Waals surface area contributed by atoms with Crippen LogP contribution in [0, 0.1) is 6.92 Å². The third-order valence-corrected chi connectivity index (χ3v) is 4.55. The Bertz CT molecular complexity index is 652. The van der Waals surface area contributed by atoms with Gasteiger partial charge in [-0.25, -0.2) is 13.1 Å². The zero-order valence-electron chi connectivity index (χ0n) is 11.3. The third kappa shape index (κ3) is 3.45. The molecule has 1 unspecified atom stereocenters. The van der Waals surface area contributed by atoms with Gasteiger partial charge in [0.25, 0.3) is 0 Å². The van der Waals surface area contributed by atoms with Gasteiger partial charge in [0.15, 0.2) is 0 Å². The number of rotatable bonds is 5. The van der Waals surface area contributed by atoms with Crippen molar-refractivity contribution in [2.45, 2.75) is 17.9 Å². The Morgan fingerprint density at radius 3 is 2.20 bits per heavy atom. The zero-order valence-corrected chi connectivity index (χ0v) is 12.1. The van der Waals surface area contributed by atoms with Gasteiger partial charge in [0.1, 0.15) is 0 Å². The molecule has 5 heteroatoms. The van der Waals surface area contributed by atoms with E-state index in [1.54, 1.807) is 24.3 Å². The van der Waals surface area contributed by atoms with Crippen molar-refractivity contribution in [2.24, 2.45) is 5.73 Å². The molecule has 2 aromatic rings. The van der Waals surface area contributed by atoms with E-state index in [9.17, 15) is 8.42 Å². The average Bonchev–Trinajstić information content (AvgIpc) is 2.46. The van der Waals surface area contributed by atoms with Gasteiger partial charge in [-0.05, 0) is 24.6 Å². The molecular weight excluding hydrogens is 272 g/mol. The summed E-state index contributed by atoms with van der Waals surface area (Å²) in [6, 6.07) is 15.6. The summed E-state index contributed by atoms with van der Waals surface area (Å²) in [6.45, 7) is 2.12. The van der Waals surface area contributed by atoms with Crippen LogP contribution in [0.25, 0.3) is 0 Å². The molecule has 0 fully saturated rings. The zero-order chi connectivity index (χ0) is 14.6. The van der Waals surface area contributed by atoms with E-state index in [2.05, 4.69) is 4.72 Å². The Kier molecular flexibility index (Phi) is 4.54. The maximum Gasteiger partial charge on any atom is 0.241 e. The number of benzene rings is 2. The number of nitrogens with one attached hydrogen (secondary N) is 1. The lowest BCUT2D eigenvalue weighted by molar-refractivity contribution is 0.558. The van der Waals surface area contributed by atoms with Gasteiger partial charge < -0.3 is 5.73 Å². The van der Waals surface area contributed by atoms with Crippen molar-refractivity contribution in [1.29, 1.82) is 0 Å². The summed E-state index contributed by atoms with van der Waals surface area (Å²) in [7, 11) is -3.57. The molecule has 0 saturated carbocycles. The van der Waals surface area contributed by atoms with Crippen LogP contribution in [0.4, 0.5) is 0 Å². The highest BCUT2D eigenvalue weighted by Gasteiger charge is 2.20. The van der Waals surface area contributed by atoms with E-state index in [1.807, 2.05) is 37.3 Å². The van der Waals surface area contributed by atoms with Gasteiger partial charge in [-0.1, -0.05) is 48.0 Å². The first kappa shape index (κ1) is 14.7. The average molecular weight is 290 g/mol. The van der Waals surface area contributed by atoms with Crippen molar-refractivity contribution in [3.63, 3.8) is 0 Å². The Balaban J connectivity index is 2.24. The lowest BCUT2D eigenvalue weighted by atomic mass is 10.1. The fraction of sp³-hybridized carbons (Fsp3) is 0.200. The largest absolute Gasteiger partial charge is 0.329 e. The second-order valence-electron chi connectivity index (χ2n) is 4.63. The molecule has 2 rings (SSSR count). The van der Waals surface area contributed by atoms with Crippen molar-refractivity contribution in [3.05, 3.63) is 65.7 Å². The highest BCUT2D eigenvalue weighted by Crippen LogP contribution is 2.16. The molecule has 20 heavy (non-hydrogen) atoms. The van der Waals surface area contributed by atoms with Gasteiger partial charge in [-0.15, -0.1) is 0 Å². The Hall–Kier alpha value is -1.69. The first-order valence-electron chi connectivity index (χ1n) is 6.37. The number of nitrogens with two attached hydrogens (primary N) is 1. The first-order chi connectivity index (χ1) is 9.53. The van der Waals surface area contributed by atoms with Crippen LogP contribution in [0.2, 0.25) is 0 Å². The summed E-state index contributed by atoms with van der Waals surface area (Å²) >= 11 is 0. The lowest BCUT2D eigenvalue weighted by Crippen LogP contribution is -2.33. The quantitative estimate of drug-likeness (QED) is 0.884. The number of aryl methyl sites for hydroxylation is 1.